The van der Waals surface area contributed by atoms with Gasteiger partial charge in [-0.3, -0.25) is 4.79 Å². The summed E-state index contributed by atoms with van der Waals surface area (Å²) in [5.41, 5.74) is -0.110. The highest BCUT2D eigenvalue weighted by molar-refractivity contribution is 8.00. The molecule has 1 fully saturated rings. The quantitative estimate of drug-likeness (QED) is 0.804. The SMILES string of the molecule is O=C1N=C(CSC2CCOCC2)N=C2C1=CC=C(F)C2F. The maximum absolute atomic E-state index is 13.8. The van der Waals surface area contributed by atoms with Crippen molar-refractivity contribution in [2.24, 2.45) is 9.98 Å². The minimum Gasteiger partial charge on any atom is -0.381 e. The highest BCUT2D eigenvalue weighted by atomic mass is 32.2. The van der Waals surface area contributed by atoms with Crippen molar-refractivity contribution in [2.45, 2.75) is 24.3 Å². The van der Waals surface area contributed by atoms with Gasteiger partial charge in [0.2, 0.25) is 0 Å². The molecule has 0 N–H and O–H groups in total. The molecule has 1 saturated heterocycles. The van der Waals surface area contributed by atoms with Gasteiger partial charge in [-0.15, -0.1) is 0 Å². The van der Waals surface area contributed by atoms with E-state index in [1.165, 1.54) is 6.08 Å². The Morgan fingerprint density at radius 3 is 2.81 bits per heavy atom. The van der Waals surface area contributed by atoms with E-state index in [1.54, 1.807) is 11.8 Å². The van der Waals surface area contributed by atoms with Crippen molar-refractivity contribution < 1.29 is 18.3 Å². The molecule has 1 aliphatic carbocycles. The Balaban J connectivity index is 1.70. The average Bonchev–Trinajstić information content (AvgIpc) is 2.50. The second-order valence-corrected chi connectivity index (χ2v) is 6.24. The molecular formula is C14H14F2N2O2S. The molecule has 4 nitrogen and oxygen atoms in total. The molecule has 7 heteroatoms. The number of fused-ring (bicyclic) bond motifs is 1. The first-order chi connectivity index (χ1) is 10.1. The van der Waals surface area contributed by atoms with Crippen LogP contribution < -0.4 is 0 Å². The maximum Gasteiger partial charge on any atom is 0.280 e. The summed E-state index contributed by atoms with van der Waals surface area (Å²) in [6, 6.07) is 0. The molecule has 1 atom stereocenters. The summed E-state index contributed by atoms with van der Waals surface area (Å²) in [5, 5.41) is 0.429. The highest BCUT2D eigenvalue weighted by Crippen LogP contribution is 2.27. The lowest BCUT2D eigenvalue weighted by molar-refractivity contribution is -0.114. The molecule has 0 aromatic carbocycles. The number of hydrogen-bond acceptors (Lipinski definition) is 4. The van der Waals surface area contributed by atoms with Gasteiger partial charge in [0, 0.05) is 18.5 Å². The minimum absolute atomic E-state index is 0.0451. The number of carbonyl (C=O) groups is 1. The van der Waals surface area contributed by atoms with Crippen molar-refractivity contribution >= 4 is 29.2 Å². The standard InChI is InChI=1S/C14H14F2N2O2S/c15-10-2-1-9-13(12(10)16)17-11(18-14(9)19)7-21-8-3-5-20-6-4-8/h1-2,8,12H,3-7H2. The minimum atomic E-state index is -1.97. The summed E-state index contributed by atoms with van der Waals surface area (Å²) in [7, 11) is 0. The summed E-state index contributed by atoms with van der Waals surface area (Å²) in [4.78, 5) is 19.8. The largest absolute Gasteiger partial charge is 0.381 e. The van der Waals surface area contributed by atoms with E-state index >= 15 is 0 Å². The van der Waals surface area contributed by atoms with Gasteiger partial charge >= 0.3 is 0 Å². The second-order valence-electron chi connectivity index (χ2n) is 4.95. The molecule has 1 amide bonds. The van der Waals surface area contributed by atoms with Gasteiger partial charge in [0.05, 0.1) is 17.0 Å². The van der Waals surface area contributed by atoms with E-state index in [1.807, 2.05) is 0 Å². The Labute approximate surface area is 125 Å². The fraction of sp³-hybridized carbons (Fsp3) is 0.500. The first kappa shape index (κ1) is 14.6. The number of aliphatic imine (C=N–C) groups is 2. The van der Waals surface area contributed by atoms with Crippen molar-refractivity contribution in [2.75, 3.05) is 19.0 Å². The number of amidine groups is 1. The van der Waals surface area contributed by atoms with Crippen LogP contribution in [0.3, 0.4) is 0 Å². The molecule has 2 aliphatic heterocycles. The lowest BCUT2D eigenvalue weighted by Gasteiger charge is -2.22. The molecule has 21 heavy (non-hydrogen) atoms. The number of nitrogens with zero attached hydrogens (tertiary/aromatic N) is 2. The van der Waals surface area contributed by atoms with E-state index < -0.39 is 17.9 Å². The van der Waals surface area contributed by atoms with Crippen molar-refractivity contribution in [3.05, 3.63) is 23.6 Å². The Hall–Kier alpha value is -1.34. The van der Waals surface area contributed by atoms with E-state index in [0.717, 1.165) is 32.1 Å². The lowest BCUT2D eigenvalue weighted by Crippen LogP contribution is -2.31. The van der Waals surface area contributed by atoms with E-state index in [4.69, 9.17) is 4.74 Å². The molecule has 2 heterocycles. The van der Waals surface area contributed by atoms with Gasteiger partial charge in [0.15, 0.2) is 6.17 Å². The Bertz CT molecular complexity index is 578. The Morgan fingerprint density at radius 2 is 2.05 bits per heavy atom. The Kier molecular flexibility index (Phi) is 4.30. The van der Waals surface area contributed by atoms with Gasteiger partial charge in [0.25, 0.3) is 5.91 Å². The van der Waals surface area contributed by atoms with Crippen LogP contribution in [0.4, 0.5) is 8.78 Å². The maximum atomic E-state index is 13.8. The van der Waals surface area contributed by atoms with Crippen LogP contribution in [0.1, 0.15) is 12.8 Å². The lowest BCUT2D eigenvalue weighted by atomic mass is 9.98. The molecule has 112 valence electrons. The summed E-state index contributed by atoms with van der Waals surface area (Å²) < 4.78 is 32.4. The number of rotatable bonds is 3. The summed E-state index contributed by atoms with van der Waals surface area (Å²) in [6.07, 6.45) is 2.10. The van der Waals surface area contributed by atoms with E-state index in [0.29, 0.717) is 11.0 Å². The third-order valence-electron chi connectivity index (χ3n) is 3.49. The van der Waals surface area contributed by atoms with Crippen LogP contribution in [-0.4, -0.2) is 47.8 Å². The number of hydrogen-bond donors (Lipinski definition) is 0. The number of carbonyl (C=O) groups excluding carboxylic acids is 1. The summed E-state index contributed by atoms with van der Waals surface area (Å²) in [6.45, 7) is 1.46. The topological polar surface area (TPSA) is 51.0 Å². The van der Waals surface area contributed by atoms with Crippen molar-refractivity contribution in [1.29, 1.82) is 0 Å². The van der Waals surface area contributed by atoms with Crippen LogP contribution in [0.2, 0.25) is 0 Å². The number of amides is 1. The van der Waals surface area contributed by atoms with E-state index in [-0.39, 0.29) is 17.1 Å². The normalized spacial score (nSPS) is 26.6. The van der Waals surface area contributed by atoms with Gasteiger partial charge in [-0.2, -0.15) is 16.8 Å². The van der Waals surface area contributed by atoms with Crippen molar-refractivity contribution in [3.8, 4) is 0 Å². The zero-order chi connectivity index (χ0) is 14.8. The number of ether oxygens (including phenoxy) is 1. The van der Waals surface area contributed by atoms with Gasteiger partial charge in [0.1, 0.15) is 11.7 Å². The van der Waals surface area contributed by atoms with Gasteiger partial charge in [-0.25, -0.2) is 13.8 Å². The summed E-state index contributed by atoms with van der Waals surface area (Å²) in [5.74, 6) is -0.788. The van der Waals surface area contributed by atoms with Crippen LogP contribution >= 0.6 is 11.8 Å². The molecule has 0 radical (unpaired) electrons. The monoisotopic (exact) mass is 312 g/mol. The molecular weight excluding hydrogens is 298 g/mol. The fourth-order valence-electron chi connectivity index (χ4n) is 2.34. The average molecular weight is 312 g/mol. The smallest absolute Gasteiger partial charge is 0.280 e. The molecule has 1 unspecified atom stereocenters. The zero-order valence-corrected chi connectivity index (χ0v) is 12.0. The molecule has 0 bridgehead atoms. The van der Waals surface area contributed by atoms with Crippen LogP contribution in [0, 0.1) is 0 Å². The van der Waals surface area contributed by atoms with Gasteiger partial charge in [-0.1, -0.05) is 0 Å². The molecule has 0 spiro atoms. The Morgan fingerprint density at radius 1 is 1.29 bits per heavy atom. The molecule has 0 aromatic rings. The molecule has 3 aliphatic rings. The molecule has 0 saturated carbocycles. The third-order valence-corrected chi connectivity index (χ3v) is 4.86. The molecule has 3 rings (SSSR count). The number of alkyl halides is 1. The second kappa shape index (κ2) is 6.19. The predicted octanol–water partition coefficient (Wildman–Crippen LogP) is 2.41. The number of halogens is 2. The highest BCUT2D eigenvalue weighted by Gasteiger charge is 2.33. The third kappa shape index (κ3) is 3.13. The first-order valence-electron chi connectivity index (χ1n) is 6.77. The predicted molar refractivity (Wildman–Crippen MR) is 78.3 cm³/mol. The summed E-state index contributed by atoms with van der Waals surface area (Å²) >= 11 is 1.63. The van der Waals surface area contributed by atoms with Crippen LogP contribution in [0.25, 0.3) is 0 Å². The number of thioether (sulfide) groups is 1. The van der Waals surface area contributed by atoms with Crippen LogP contribution in [-0.2, 0) is 9.53 Å². The molecule has 0 aromatic heterocycles. The van der Waals surface area contributed by atoms with E-state index in [9.17, 15) is 13.6 Å². The van der Waals surface area contributed by atoms with Crippen molar-refractivity contribution in [3.63, 3.8) is 0 Å². The van der Waals surface area contributed by atoms with Gasteiger partial charge < -0.3 is 4.74 Å². The fourth-order valence-corrected chi connectivity index (χ4v) is 3.38. The van der Waals surface area contributed by atoms with Crippen LogP contribution in [0.15, 0.2) is 33.5 Å². The zero-order valence-electron chi connectivity index (χ0n) is 11.2. The van der Waals surface area contributed by atoms with E-state index in [2.05, 4.69) is 9.98 Å². The van der Waals surface area contributed by atoms with Crippen LogP contribution in [0.5, 0.6) is 0 Å². The van der Waals surface area contributed by atoms with Crippen molar-refractivity contribution in [1.82, 2.24) is 0 Å². The first-order valence-corrected chi connectivity index (χ1v) is 7.81. The number of allylic oxidation sites excluding steroid dienone is 3. The van der Waals surface area contributed by atoms with Gasteiger partial charge in [-0.05, 0) is 25.0 Å².